The number of nitrogens with zero attached hydrogens (tertiary/aromatic N) is 1. The molecule has 0 spiro atoms. The van der Waals surface area contributed by atoms with Gasteiger partial charge in [0.25, 0.3) is 0 Å². The van der Waals surface area contributed by atoms with Gasteiger partial charge in [-0.15, -0.1) is 0 Å². The summed E-state index contributed by atoms with van der Waals surface area (Å²) in [5, 5.41) is 18.5. The third-order valence-electron chi connectivity index (χ3n) is 2.19. The van der Waals surface area contributed by atoms with Crippen molar-refractivity contribution in [3.8, 4) is 11.8 Å². The number of hydrogen-bond donors (Lipinski definition) is 1. The van der Waals surface area contributed by atoms with E-state index in [1.54, 1.807) is 19.1 Å². The minimum absolute atomic E-state index is 0.0535. The zero-order valence-electron chi connectivity index (χ0n) is 9.28. The Hall–Kier alpha value is -2.02. The van der Waals surface area contributed by atoms with Gasteiger partial charge in [-0.1, -0.05) is 6.92 Å². The summed E-state index contributed by atoms with van der Waals surface area (Å²) in [4.78, 5) is 11.5. The molecule has 0 saturated heterocycles. The topological polar surface area (TPSA) is 70.3 Å². The van der Waals surface area contributed by atoms with Crippen LogP contribution in [-0.4, -0.2) is 17.7 Å². The second-order valence-electron chi connectivity index (χ2n) is 3.23. The minimum Gasteiger partial charge on any atom is -0.506 e. The molecular formula is C12H13NO3. The Kier molecular flexibility index (Phi) is 3.90. The molecule has 0 aliphatic heterocycles. The van der Waals surface area contributed by atoms with E-state index in [4.69, 9.17) is 10.00 Å². The smallest absolute Gasteiger partial charge is 0.341 e. The van der Waals surface area contributed by atoms with Gasteiger partial charge in [0.15, 0.2) is 0 Å². The van der Waals surface area contributed by atoms with Crippen molar-refractivity contribution in [3.05, 3.63) is 28.8 Å². The lowest BCUT2D eigenvalue weighted by Gasteiger charge is -2.07. The van der Waals surface area contributed by atoms with Crippen molar-refractivity contribution in [2.45, 2.75) is 20.3 Å². The van der Waals surface area contributed by atoms with Crippen molar-refractivity contribution in [3.63, 3.8) is 0 Å². The van der Waals surface area contributed by atoms with Crippen molar-refractivity contribution in [2.75, 3.05) is 6.61 Å². The highest BCUT2D eigenvalue weighted by Gasteiger charge is 2.16. The third kappa shape index (κ3) is 2.31. The fourth-order valence-electron chi connectivity index (χ4n) is 1.35. The Bertz CT molecular complexity index is 446. The maximum absolute atomic E-state index is 11.5. The van der Waals surface area contributed by atoms with Gasteiger partial charge in [-0.05, 0) is 31.0 Å². The van der Waals surface area contributed by atoms with E-state index in [0.717, 1.165) is 5.56 Å². The van der Waals surface area contributed by atoms with E-state index in [2.05, 4.69) is 0 Å². The van der Waals surface area contributed by atoms with Crippen molar-refractivity contribution < 1.29 is 14.6 Å². The molecule has 0 radical (unpaired) electrons. The van der Waals surface area contributed by atoms with Crippen molar-refractivity contribution in [1.82, 2.24) is 0 Å². The summed E-state index contributed by atoms with van der Waals surface area (Å²) in [6.07, 6.45) is 0.682. The molecule has 1 rings (SSSR count). The molecule has 1 aromatic carbocycles. The standard InChI is InChI=1S/C12H13NO3/c1-3-8-5-9(7-13)11(14)10(6-8)12(15)16-4-2/h5-6,14H,3-4H2,1-2H3. The normalized spacial score (nSPS) is 9.56. The van der Waals surface area contributed by atoms with E-state index in [1.165, 1.54) is 0 Å². The number of nitriles is 1. The Morgan fingerprint density at radius 3 is 2.69 bits per heavy atom. The molecule has 0 unspecified atom stereocenters. The summed E-state index contributed by atoms with van der Waals surface area (Å²) in [5.41, 5.74) is 0.970. The highest BCUT2D eigenvalue weighted by molar-refractivity contribution is 5.93. The first kappa shape index (κ1) is 12.1. The van der Waals surface area contributed by atoms with Crippen LogP contribution in [0.1, 0.15) is 35.3 Å². The lowest BCUT2D eigenvalue weighted by atomic mass is 10.0. The van der Waals surface area contributed by atoms with Crippen LogP contribution < -0.4 is 0 Å². The van der Waals surface area contributed by atoms with Crippen molar-refractivity contribution in [2.24, 2.45) is 0 Å². The van der Waals surface area contributed by atoms with Gasteiger partial charge in [0, 0.05) is 0 Å². The van der Waals surface area contributed by atoms with E-state index in [0.29, 0.717) is 6.42 Å². The number of benzene rings is 1. The summed E-state index contributed by atoms with van der Waals surface area (Å²) in [6, 6.07) is 4.97. The van der Waals surface area contributed by atoms with Gasteiger partial charge >= 0.3 is 5.97 Å². The fourth-order valence-corrected chi connectivity index (χ4v) is 1.35. The maximum atomic E-state index is 11.5. The number of aromatic hydroxyl groups is 1. The largest absolute Gasteiger partial charge is 0.506 e. The molecule has 1 aromatic rings. The highest BCUT2D eigenvalue weighted by Crippen LogP contribution is 2.25. The monoisotopic (exact) mass is 219 g/mol. The van der Waals surface area contributed by atoms with Gasteiger partial charge in [0.05, 0.1) is 12.2 Å². The van der Waals surface area contributed by atoms with Crippen LogP contribution in [0.4, 0.5) is 0 Å². The molecule has 0 amide bonds. The first-order valence-electron chi connectivity index (χ1n) is 5.07. The number of phenolic OH excluding ortho intramolecular Hbond substituents is 1. The number of hydrogen-bond acceptors (Lipinski definition) is 4. The number of carbonyl (C=O) groups excluding carboxylic acids is 1. The molecule has 0 bridgehead atoms. The van der Waals surface area contributed by atoms with Crippen LogP contribution in [0.2, 0.25) is 0 Å². The summed E-state index contributed by atoms with van der Waals surface area (Å²) in [6.45, 7) is 3.82. The van der Waals surface area contributed by atoms with Crippen LogP contribution in [-0.2, 0) is 11.2 Å². The third-order valence-corrected chi connectivity index (χ3v) is 2.19. The maximum Gasteiger partial charge on any atom is 0.341 e. The predicted molar refractivity (Wildman–Crippen MR) is 58.2 cm³/mol. The quantitative estimate of drug-likeness (QED) is 0.789. The molecule has 0 aromatic heterocycles. The number of rotatable bonds is 3. The van der Waals surface area contributed by atoms with Crippen LogP contribution in [0.3, 0.4) is 0 Å². The molecule has 0 saturated carbocycles. The van der Waals surface area contributed by atoms with Crippen LogP contribution in [0.5, 0.6) is 5.75 Å². The summed E-state index contributed by atoms with van der Waals surface area (Å²) >= 11 is 0. The number of esters is 1. The van der Waals surface area contributed by atoms with E-state index in [9.17, 15) is 9.90 Å². The summed E-state index contributed by atoms with van der Waals surface area (Å²) in [5.74, 6) is -0.912. The number of ether oxygens (including phenoxy) is 1. The lowest BCUT2D eigenvalue weighted by molar-refractivity contribution is 0.0523. The fraction of sp³-hybridized carbons (Fsp3) is 0.333. The van der Waals surface area contributed by atoms with Gasteiger partial charge in [0.1, 0.15) is 17.4 Å². The highest BCUT2D eigenvalue weighted by atomic mass is 16.5. The number of phenols is 1. The van der Waals surface area contributed by atoms with Gasteiger partial charge in [0.2, 0.25) is 0 Å². The summed E-state index contributed by atoms with van der Waals surface area (Å²) in [7, 11) is 0. The second-order valence-corrected chi connectivity index (χ2v) is 3.23. The van der Waals surface area contributed by atoms with Gasteiger partial charge in [-0.25, -0.2) is 4.79 Å². The molecule has 16 heavy (non-hydrogen) atoms. The molecule has 0 aliphatic carbocycles. The van der Waals surface area contributed by atoms with E-state index >= 15 is 0 Å². The molecule has 0 heterocycles. The van der Waals surface area contributed by atoms with Crippen LogP contribution >= 0.6 is 0 Å². The van der Waals surface area contributed by atoms with Gasteiger partial charge < -0.3 is 9.84 Å². The van der Waals surface area contributed by atoms with Crippen molar-refractivity contribution >= 4 is 5.97 Å². The zero-order valence-corrected chi connectivity index (χ0v) is 9.28. The van der Waals surface area contributed by atoms with Crippen LogP contribution in [0, 0.1) is 11.3 Å². The molecule has 1 N–H and O–H groups in total. The SMILES string of the molecule is CCOC(=O)c1cc(CC)cc(C#N)c1O. The predicted octanol–water partition coefficient (Wildman–Crippen LogP) is 2.00. The molecule has 0 aliphatic rings. The average molecular weight is 219 g/mol. The average Bonchev–Trinajstić information content (AvgIpc) is 2.29. The molecule has 4 heteroatoms. The zero-order chi connectivity index (χ0) is 12.1. The number of carbonyl (C=O) groups is 1. The van der Waals surface area contributed by atoms with E-state index < -0.39 is 5.97 Å². The van der Waals surface area contributed by atoms with Gasteiger partial charge in [-0.2, -0.15) is 5.26 Å². The lowest BCUT2D eigenvalue weighted by Crippen LogP contribution is -2.06. The van der Waals surface area contributed by atoms with Gasteiger partial charge in [-0.3, -0.25) is 0 Å². The first-order valence-corrected chi connectivity index (χ1v) is 5.07. The molecular weight excluding hydrogens is 206 g/mol. The second kappa shape index (κ2) is 5.17. The van der Waals surface area contributed by atoms with Crippen LogP contribution in [0.25, 0.3) is 0 Å². The molecule has 84 valence electrons. The molecule has 0 atom stereocenters. The molecule has 4 nitrogen and oxygen atoms in total. The Morgan fingerprint density at radius 2 is 2.19 bits per heavy atom. The van der Waals surface area contributed by atoms with E-state index in [-0.39, 0.29) is 23.5 Å². The van der Waals surface area contributed by atoms with Crippen LogP contribution in [0.15, 0.2) is 12.1 Å². The summed E-state index contributed by atoms with van der Waals surface area (Å²) < 4.78 is 4.80. The minimum atomic E-state index is -0.605. The van der Waals surface area contributed by atoms with Crippen molar-refractivity contribution in [1.29, 1.82) is 5.26 Å². The number of aryl methyl sites for hydroxylation is 1. The Morgan fingerprint density at radius 1 is 1.50 bits per heavy atom. The van der Waals surface area contributed by atoms with E-state index in [1.807, 2.05) is 13.0 Å². The Balaban J connectivity index is 3.27. The molecule has 0 fully saturated rings. The Labute approximate surface area is 94.1 Å². The first-order chi connectivity index (χ1) is 7.63.